The SMILES string of the molecule is COC(=O)C1CC(NC(=O)c2cc(=O)[nH]c(=O)[nH]2)C(OC2OC(C)C(OC)C(O)C2O)C(OC2OC(COC(=O)c3ccccc3)C(OC(=O)c3ccccc3)C(O[C@@H](CC3CCCCC3)C(=O)O)C2OC(=O)c2ccccc2)C1. The Hall–Kier alpha value is -7.16. The normalized spacial score (nSPS) is 29.3. The summed E-state index contributed by atoms with van der Waals surface area (Å²) in [5, 5.41) is 36.4. The molecule has 430 valence electrons. The first kappa shape index (κ1) is 59.0. The number of methoxy groups -OCH3 is 2. The van der Waals surface area contributed by atoms with Gasteiger partial charge in [-0.3, -0.25) is 19.4 Å². The number of H-pyrrole nitrogens is 2. The minimum Gasteiger partial charge on any atom is -0.479 e. The second-order valence-electron chi connectivity index (χ2n) is 20.1. The number of nitrogens with one attached hydrogen (secondary N) is 3. The van der Waals surface area contributed by atoms with Crippen LogP contribution < -0.4 is 16.6 Å². The molecule has 4 aromatic rings. The molecule has 0 radical (unpaired) electrons. The van der Waals surface area contributed by atoms with Crippen LogP contribution in [-0.4, -0.2) is 168 Å². The van der Waals surface area contributed by atoms with Crippen molar-refractivity contribution in [3.63, 3.8) is 0 Å². The first-order chi connectivity index (χ1) is 38.5. The molecule has 6 N–H and O–H groups in total. The van der Waals surface area contributed by atoms with E-state index >= 15 is 0 Å². The van der Waals surface area contributed by atoms with E-state index in [0.29, 0.717) is 12.8 Å². The van der Waals surface area contributed by atoms with Crippen LogP contribution >= 0.6 is 0 Å². The van der Waals surface area contributed by atoms with Gasteiger partial charge in [0.05, 0.1) is 48.0 Å². The maximum atomic E-state index is 14.5. The third-order valence-electron chi connectivity index (χ3n) is 14.7. The van der Waals surface area contributed by atoms with Gasteiger partial charge in [0.2, 0.25) is 0 Å². The van der Waals surface area contributed by atoms with E-state index in [9.17, 15) is 53.7 Å². The lowest BCUT2D eigenvalue weighted by molar-refractivity contribution is -0.347. The molecule has 2 aliphatic heterocycles. The summed E-state index contributed by atoms with van der Waals surface area (Å²) in [4.78, 5) is 113. The van der Waals surface area contributed by atoms with Crippen molar-refractivity contribution < 1.29 is 91.5 Å². The number of aromatic nitrogens is 2. The van der Waals surface area contributed by atoms with Crippen molar-refractivity contribution in [2.24, 2.45) is 11.8 Å². The van der Waals surface area contributed by atoms with Crippen LogP contribution in [0.4, 0.5) is 0 Å². The molecule has 24 nitrogen and oxygen atoms in total. The van der Waals surface area contributed by atoms with Gasteiger partial charge in [0, 0.05) is 13.2 Å². The summed E-state index contributed by atoms with van der Waals surface area (Å²) < 4.78 is 61.8. The number of aliphatic hydroxyl groups excluding tert-OH is 2. The van der Waals surface area contributed by atoms with E-state index in [2.05, 4.69) is 10.3 Å². The zero-order chi connectivity index (χ0) is 57.0. The predicted molar refractivity (Wildman–Crippen MR) is 275 cm³/mol. The lowest BCUT2D eigenvalue weighted by Gasteiger charge is -2.49. The quantitative estimate of drug-likeness (QED) is 0.0547. The molecular formula is C56H65N3O21. The fraction of sp³-hybridized carbons (Fsp3) is 0.500. The predicted octanol–water partition coefficient (Wildman–Crippen LogP) is 2.84. The fourth-order valence-electron chi connectivity index (χ4n) is 10.7. The average Bonchev–Trinajstić information content (AvgIpc) is 3.47. The molecule has 0 spiro atoms. The summed E-state index contributed by atoms with van der Waals surface area (Å²) in [7, 11) is 2.41. The van der Waals surface area contributed by atoms with Gasteiger partial charge >= 0.3 is 35.5 Å². The molecule has 24 heteroatoms. The molecule has 2 saturated carbocycles. The number of aliphatic carboxylic acids is 1. The van der Waals surface area contributed by atoms with E-state index in [4.69, 9.17) is 47.4 Å². The number of aliphatic hydroxyl groups is 2. The second-order valence-corrected chi connectivity index (χ2v) is 20.1. The van der Waals surface area contributed by atoms with Gasteiger partial charge in [-0.25, -0.2) is 24.0 Å². The Kier molecular flexibility index (Phi) is 20.2. The number of hydrogen-bond acceptors (Lipinski definition) is 20. The molecule has 1 amide bonds. The van der Waals surface area contributed by atoms with Crippen LogP contribution in [0.3, 0.4) is 0 Å². The standard InChI is InChI=1S/C56H65N3O21/c1-29-43(71-2)41(61)42(62)54(74-29)80-44-35(57-48(63)36-27-40(60)59-56(70)58-36)25-34(50(66)72-3)26-37(44)76-55-47(79-53(69)33-22-14-7-15-23-33)46(75-38(49(64)65)24-30-16-8-4-9-17-30)45(78-52(68)32-20-12-6-13-21-32)39(77-55)28-73-51(67)31-18-10-5-11-19-31/h5-7,10-15,18-23,27,29-30,34-35,37-39,41-47,54-55,61-62H,4,8-9,16-17,24-26,28H2,1-3H3,(H,57,63)(H,64,65)(H2,58,59,60,70)/t29?,34?,35?,37?,38-,39?,41?,42?,43?,44?,45?,46?,47?,54?,55?/m0/s1. The van der Waals surface area contributed by atoms with E-state index in [1.54, 1.807) is 54.6 Å². The van der Waals surface area contributed by atoms with E-state index in [1.807, 2.05) is 4.98 Å². The van der Waals surface area contributed by atoms with Crippen LogP contribution in [0.2, 0.25) is 0 Å². The van der Waals surface area contributed by atoms with Gasteiger partial charge in [0.25, 0.3) is 11.5 Å². The number of ether oxygens (including phenoxy) is 10. The van der Waals surface area contributed by atoms with Crippen LogP contribution in [0.5, 0.6) is 0 Å². The van der Waals surface area contributed by atoms with Gasteiger partial charge in [-0.05, 0) is 68.5 Å². The highest BCUT2D eigenvalue weighted by Crippen LogP contribution is 2.39. The molecule has 4 fully saturated rings. The molecule has 2 saturated heterocycles. The van der Waals surface area contributed by atoms with Crippen molar-refractivity contribution in [3.8, 4) is 0 Å². The molecule has 15 atom stereocenters. The third-order valence-corrected chi connectivity index (χ3v) is 14.7. The Morgan fingerprint density at radius 1 is 0.688 bits per heavy atom. The molecule has 3 aromatic carbocycles. The first-order valence-corrected chi connectivity index (χ1v) is 26.4. The van der Waals surface area contributed by atoms with Gasteiger partial charge in [0.1, 0.15) is 48.9 Å². The summed E-state index contributed by atoms with van der Waals surface area (Å²) in [6, 6.07) is 22.6. The Morgan fingerprint density at radius 3 is 1.86 bits per heavy atom. The summed E-state index contributed by atoms with van der Waals surface area (Å²) in [6.07, 6.45) is -17.8. The van der Waals surface area contributed by atoms with Crippen LogP contribution in [0.15, 0.2) is 107 Å². The minimum atomic E-state index is -1.99. The van der Waals surface area contributed by atoms with Crippen LogP contribution in [-0.2, 0) is 57.0 Å². The lowest BCUT2D eigenvalue weighted by atomic mass is 9.81. The molecular weight excluding hydrogens is 1050 g/mol. The van der Waals surface area contributed by atoms with Crippen molar-refractivity contribution in [1.29, 1.82) is 0 Å². The highest BCUT2D eigenvalue weighted by Gasteiger charge is 2.56. The van der Waals surface area contributed by atoms with Crippen molar-refractivity contribution in [1.82, 2.24) is 15.3 Å². The molecule has 80 heavy (non-hydrogen) atoms. The molecule has 4 aliphatic rings. The fourth-order valence-corrected chi connectivity index (χ4v) is 10.7. The Labute approximate surface area is 458 Å². The maximum absolute atomic E-state index is 14.5. The highest BCUT2D eigenvalue weighted by atomic mass is 16.8. The summed E-state index contributed by atoms with van der Waals surface area (Å²) in [5.74, 6) is -7.40. The number of carboxylic acid groups (broad SMARTS) is 1. The van der Waals surface area contributed by atoms with E-state index in [1.165, 1.54) is 50.4 Å². The third kappa shape index (κ3) is 14.6. The minimum absolute atomic E-state index is 0.00518. The molecule has 1 aromatic heterocycles. The first-order valence-electron chi connectivity index (χ1n) is 26.4. The van der Waals surface area contributed by atoms with E-state index in [-0.39, 0.29) is 41.9 Å². The number of carbonyl (C=O) groups is 6. The molecule has 8 rings (SSSR count). The number of rotatable bonds is 20. The summed E-state index contributed by atoms with van der Waals surface area (Å²) in [6.45, 7) is 0.803. The number of hydrogen-bond donors (Lipinski definition) is 6. The second kappa shape index (κ2) is 27.3. The van der Waals surface area contributed by atoms with Crippen molar-refractivity contribution in [3.05, 3.63) is 140 Å². The molecule has 0 bridgehead atoms. The lowest BCUT2D eigenvalue weighted by Crippen LogP contribution is -2.66. The van der Waals surface area contributed by atoms with Crippen LogP contribution in [0, 0.1) is 11.8 Å². The number of amides is 1. The molecule has 2 aliphatic carbocycles. The Morgan fingerprint density at radius 2 is 1.29 bits per heavy atom. The molecule has 3 heterocycles. The number of aromatic amines is 2. The number of benzene rings is 3. The van der Waals surface area contributed by atoms with Crippen LogP contribution in [0.25, 0.3) is 0 Å². The van der Waals surface area contributed by atoms with Gasteiger partial charge in [-0.15, -0.1) is 0 Å². The number of esters is 4. The highest BCUT2D eigenvalue weighted by molar-refractivity contribution is 5.92. The van der Waals surface area contributed by atoms with Gasteiger partial charge in [-0.1, -0.05) is 86.7 Å². The Bertz CT molecular complexity index is 2840. The number of carboxylic acids is 1. The van der Waals surface area contributed by atoms with Gasteiger partial charge in [0.15, 0.2) is 30.9 Å². The summed E-state index contributed by atoms with van der Waals surface area (Å²) in [5.41, 5.74) is -2.31. The Balaban J connectivity index is 1.27. The average molecular weight is 1120 g/mol. The molecule has 14 unspecified atom stereocenters. The van der Waals surface area contributed by atoms with Crippen molar-refractivity contribution in [2.75, 3.05) is 20.8 Å². The largest absolute Gasteiger partial charge is 0.479 e. The number of carbonyl (C=O) groups excluding carboxylic acids is 5. The maximum Gasteiger partial charge on any atom is 0.338 e. The smallest absolute Gasteiger partial charge is 0.338 e. The van der Waals surface area contributed by atoms with Gasteiger partial charge < -0.3 is 73.0 Å². The van der Waals surface area contributed by atoms with Gasteiger partial charge in [-0.2, -0.15) is 0 Å². The van der Waals surface area contributed by atoms with Crippen molar-refractivity contribution in [2.45, 2.75) is 144 Å². The van der Waals surface area contributed by atoms with E-state index < -0.39 is 151 Å². The van der Waals surface area contributed by atoms with Crippen LogP contribution in [0.1, 0.15) is 99.9 Å². The van der Waals surface area contributed by atoms with E-state index in [0.717, 1.165) is 32.4 Å². The monoisotopic (exact) mass is 1120 g/mol. The van der Waals surface area contributed by atoms with Crippen molar-refractivity contribution >= 4 is 35.8 Å². The zero-order valence-electron chi connectivity index (χ0n) is 44.0. The summed E-state index contributed by atoms with van der Waals surface area (Å²) >= 11 is 0. The zero-order valence-corrected chi connectivity index (χ0v) is 44.0. The topological polar surface area (TPSA) is 333 Å².